The van der Waals surface area contributed by atoms with Crippen LogP contribution in [0.25, 0.3) is 0 Å². The smallest absolute Gasteiger partial charge is 0.258 e. The zero-order valence-corrected chi connectivity index (χ0v) is 15.2. The molecular formula is C19H21ClN4O2. The predicted octanol–water partition coefficient (Wildman–Crippen LogP) is 3.28. The van der Waals surface area contributed by atoms with Gasteiger partial charge in [-0.3, -0.25) is 14.6 Å². The van der Waals surface area contributed by atoms with Crippen molar-refractivity contribution in [3.63, 3.8) is 0 Å². The van der Waals surface area contributed by atoms with Gasteiger partial charge in [0.25, 0.3) is 5.56 Å². The van der Waals surface area contributed by atoms with Crippen molar-refractivity contribution >= 4 is 29.3 Å². The SMILES string of the molecule is O=C1CC(c2ccc(Cl)cc2)c2c(nc(N3CCCCCC3)[nH]c2=O)N1. The van der Waals surface area contributed by atoms with Gasteiger partial charge in [-0.2, -0.15) is 4.98 Å². The lowest BCUT2D eigenvalue weighted by Gasteiger charge is -2.27. The molecule has 0 saturated carbocycles. The summed E-state index contributed by atoms with van der Waals surface area (Å²) in [5.74, 6) is 0.486. The van der Waals surface area contributed by atoms with Crippen LogP contribution in [0.3, 0.4) is 0 Å². The molecule has 2 aromatic rings. The number of carbonyl (C=O) groups excluding carboxylic acids is 1. The summed E-state index contributed by atoms with van der Waals surface area (Å²) >= 11 is 5.97. The van der Waals surface area contributed by atoms with Gasteiger partial charge in [0.05, 0.1) is 5.56 Å². The van der Waals surface area contributed by atoms with Gasteiger partial charge in [-0.15, -0.1) is 0 Å². The monoisotopic (exact) mass is 372 g/mol. The fourth-order valence-corrected chi connectivity index (χ4v) is 3.90. The molecule has 2 aliphatic rings. The van der Waals surface area contributed by atoms with Crippen LogP contribution in [0.4, 0.5) is 11.8 Å². The van der Waals surface area contributed by atoms with Gasteiger partial charge >= 0.3 is 0 Å². The van der Waals surface area contributed by atoms with E-state index in [1.54, 1.807) is 12.1 Å². The van der Waals surface area contributed by atoms with E-state index < -0.39 is 0 Å². The van der Waals surface area contributed by atoms with Gasteiger partial charge in [-0.25, -0.2) is 0 Å². The molecule has 4 rings (SSSR count). The second-order valence-corrected chi connectivity index (χ2v) is 7.35. The van der Waals surface area contributed by atoms with E-state index in [0.717, 1.165) is 31.5 Å². The number of fused-ring (bicyclic) bond motifs is 1. The summed E-state index contributed by atoms with van der Waals surface area (Å²) in [6, 6.07) is 7.27. The van der Waals surface area contributed by atoms with Gasteiger partial charge in [0, 0.05) is 30.5 Å². The molecule has 1 saturated heterocycles. The highest BCUT2D eigenvalue weighted by Gasteiger charge is 2.31. The number of aromatic nitrogens is 2. The molecular weight excluding hydrogens is 352 g/mol. The summed E-state index contributed by atoms with van der Waals surface area (Å²) < 4.78 is 0. The van der Waals surface area contributed by atoms with Crippen LogP contribution in [0.1, 0.15) is 49.1 Å². The standard InChI is InChI=1S/C19H21ClN4O2/c20-13-7-5-12(6-8-13)14-11-15(25)21-17-16(14)18(26)23-19(22-17)24-9-3-1-2-4-10-24/h5-8,14H,1-4,9-11H2,(H2,21,22,23,25,26). The third-order valence-electron chi connectivity index (χ3n) is 5.12. The second-order valence-electron chi connectivity index (χ2n) is 6.91. The van der Waals surface area contributed by atoms with Gasteiger partial charge in [0.2, 0.25) is 11.9 Å². The first kappa shape index (κ1) is 17.1. The molecule has 0 radical (unpaired) electrons. The van der Waals surface area contributed by atoms with Crippen LogP contribution in [0.15, 0.2) is 29.1 Å². The Kier molecular flexibility index (Phi) is 4.68. The Hall–Kier alpha value is -2.34. The molecule has 0 bridgehead atoms. The van der Waals surface area contributed by atoms with Crippen molar-refractivity contribution < 1.29 is 4.79 Å². The van der Waals surface area contributed by atoms with Crippen molar-refractivity contribution in [1.82, 2.24) is 9.97 Å². The highest BCUT2D eigenvalue weighted by atomic mass is 35.5. The normalized spacial score (nSPS) is 20.3. The molecule has 1 aromatic carbocycles. The Morgan fingerprint density at radius 2 is 1.73 bits per heavy atom. The number of aromatic amines is 1. The van der Waals surface area contributed by atoms with E-state index in [-0.39, 0.29) is 23.8 Å². The van der Waals surface area contributed by atoms with Gasteiger partial charge in [-0.05, 0) is 30.5 Å². The number of nitrogens with zero attached hydrogens (tertiary/aromatic N) is 2. The number of H-pyrrole nitrogens is 1. The number of hydrogen-bond acceptors (Lipinski definition) is 4. The van der Waals surface area contributed by atoms with Crippen LogP contribution in [0, 0.1) is 0 Å². The fourth-order valence-electron chi connectivity index (χ4n) is 3.77. The summed E-state index contributed by atoms with van der Waals surface area (Å²) in [5, 5.41) is 3.41. The fraction of sp³-hybridized carbons (Fsp3) is 0.421. The second kappa shape index (κ2) is 7.11. The Labute approximate surface area is 156 Å². The minimum atomic E-state index is -0.314. The van der Waals surface area contributed by atoms with Gasteiger partial charge in [-0.1, -0.05) is 36.6 Å². The van der Waals surface area contributed by atoms with E-state index in [2.05, 4.69) is 20.2 Å². The number of amides is 1. The van der Waals surface area contributed by atoms with Crippen LogP contribution in [0.2, 0.25) is 5.02 Å². The van der Waals surface area contributed by atoms with E-state index in [0.29, 0.717) is 22.4 Å². The quantitative estimate of drug-likeness (QED) is 0.848. The molecule has 1 amide bonds. The van der Waals surface area contributed by atoms with Crippen LogP contribution in [-0.4, -0.2) is 29.0 Å². The average Bonchev–Trinajstić information content (AvgIpc) is 2.90. The van der Waals surface area contributed by atoms with Gasteiger partial charge in [0.1, 0.15) is 5.82 Å². The molecule has 1 fully saturated rings. The van der Waals surface area contributed by atoms with Gasteiger partial charge < -0.3 is 10.2 Å². The Morgan fingerprint density at radius 1 is 1.04 bits per heavy atom. The number of nitrogens with one attached hydrogen (secondary N) is 2. The molecule has 1 aromatic heterocycles. The van der Waals surface area contributed by atoms with E-state index in [9.17, 15) is 9.59 Å². The summed E-state index contributed by atoms with van der Waals surface area (Å²) in [7, 11) is 0. The lowest BCUT2D eigenvalue weighted by atomic mass is 9.87. The van der Waals surface area contributed by atoms with Crippen molar-refractivity contribution in [3.8, 4) is 0 Å². The van der Waals surface area contributed by atoms with Crippen LogP contribution in [-0.2, 0) is 4.79 Å². The maximum absolute atomic E-state index is 12.9. The first-order valence-electron chi connectivity index (χ1n) is 9.06. The van der Waals surface area contributed by atoms with Crippen molar-refractivity contribution in [2.45, 2.75) is 38.0 Å². The highest BCUT2D eigenvalue weighted by molar-refractivity contribution is 6.30. The van der Waals surface area contributed by atoms with E-state index >= 15 is 0 Å². The van der Waals surface area contributed by atoms with Crippen molar-refractivity contribution in [1.29, 1.82) is 0 Å². The van der Waals surface area contributed by atoms with E-state index in [1.807, 2.05) is 12.1 Å². The average molecular weight is 373 g/mol. The molecule has 2 N–H and O–H groups in total. The molecule has 0 aliphatic carbocycles. The highest BCUT2D eigenvalue weighted by Crippen LogP contribution is 2.34. The summed E-state index contributed by atoms with van der Waals surface area (Å²) in [5.41, 5.74) is 1.22. The molecule has 6 nitrogen and oxygen atoms in total. The summed E-state index contributed by atoms with van der Waals surface area (Å²) in [4.78, 5) is 34.7. The third-order valence-corrected chi connectivity index (χ3v) is 5.37. The molecule has 2 aliphatic heterocycles. The first-order valence-corrected chi connectivity index (χ1v) is 9.44. The minimum absolute atomic E-state index is 0.127. The molecule has 1 unspecified atom stereocenters. The summed E-state index contributed by atoms with van der Waals surface area (Å²) in [6.07, 6.45) is 4.78. The zero-order valence-electron chi connectivity index (χ0n) is 14.4. The minimum Gasteiger partial charge on any atom is -0.342 e. The Morgan fingerprint density at radius 3 is 2.42 bits per heavy atom. The molecule has 7 heteroatoms. The maximum Gasteiger partial charge on any atom is 0.258 e. The lowest BCUT2D eigenvalue weighted by Crippen LogP contribution is -2.34. The lowest BCUT2D eigenvalue weighted by molar-refractivity contribution is -0.116. The van der Waals surface area contributed by atoms with Crippen molar-refractivity contribution in [3.05, 3.63) is 50.8 Å². The van der Waals surface area contributed by atoms with E-state index in [4.69, 9.17) is 11.6 Å². The largest absolute Gasteiger partial charge is 0.342 e. The predicted molar refractivity (Wildman–Crippen MR) is 102 cm³/mol. The van der Waals surface area contributed by atoms with Crippen LogP contribution >= 0.6 is 11.6 Å². The Balaban J connectivity index is 1.75. The Bertz CT molecular complexity index is 870. The van der Waals surface area contributed by atoms with Crippen molar-refractivity contribution in [2.24, 2.45) is 0 Å². The number of halogens is 1. The number of hydrogen-bond donors (Lipinski definition) is 2. The number of anilines is 2. The van der Waals surface area contributed by atoms with E-state index in [1.165, 1.54) is 12.8 Å². The molecule has 1 atom stereocenters. The first-order chi connectivity index (χ1) is 12.6. The maximum atomic E-state index is 12.9. The zero-order chi connectivity index (χ0) is 18.1. The third kappa shape index (κ3) is 3.33. The van der Waals surface area contributed by atoms with Gasteiger partial charge in [0.15, 0.2) is 0 Å². The molecule has 0 spiro atoms. The number of benzene rings is 1. The van der Waals surface area contributed by atoms with Crippen LogP contribution in [0.5, 0.6) is 0 Å². The summed E-state index contributed by atoms with van der Waals surface area (Å²) in [6.45, 7) is 1.74. The topological polar surface area (TPSA) is 78.1 Å². The van der Waals surface area contributed by atoms with Crippen molar-refractivity contribution in [2.75, 3.05) is 23.3 Å². The molecule has 136 valence electrons. The number of rotatable bonds is 2. The van der Waals surface area contributed by atoms with Crippen LogP contribution < -0.4 is 15.8 Å². The molecule has 3 heterocycles. The number of carbonyl (C=O) groups is 1. The molecule has 26 heavy (non-hydrogen) atoms.